The van der Waals surface area contributed by atoms with Crippen molar-refractivity contribution in [1.29, 1.82) is 0 Å². The summed E-state index contributed by atoms with van der Waals surface area (Å²) in [6.07, 6.45) is 2.59. The number of urea groups is 1. The Kier molecular flexibility index (Phi) is 11.9. The zero-order chi connectivity index (χ0) is 40.6. The van der Waals surface area contributed by atoms with E-state index in [-0.39, 0.29) is 42.2 Å². The Morgan fingerprint density at radius 2 is 1.78 bits per heavy atom. The van der Waals surface area contributed by atoms with Crippen molar-refractivity contribution in [2.45, 2.75) is 81.5 Å². The summed E-state index contributed by atoms with van der Waals surface area (Å²) >= 11 is 0. The molecule has 298 valence electrons. The van der Waals surface area contributed by atoms with Crippen molar-refractivity contribution in [2.75, 3.05) is 26.2 Å². The summed E-state index contributed by atoms with van der Waals surface area (Å²) in [4.78, 5) is 82.8. The Hall–Kier alpha value is -5.10. The molecule has 1 aromatic rings. The SMILES string of the molecule is C=CCN(C[C@H](NC(=O)OC(C)(C)C)C(=O)C1c2ccc([C@@H]3CNCC3C(=O)N(C(=O)NS(=O)(=O)C3CC3)[C@@H]3C[C@H]3C=C)c(F)c2CN1C(=O)O)C(=O)C=C. The fourth-order valence-electron chi connectivity index (χ4n) is 7.12. The molecule has 3 fully saturated rings. The van der Waals surface area contributed by atoms with Gasteiger partial charge in [0, 0.05) is 43.7 Å². The first-order valence-corrected chi connectivity index (χ1v) is 19.5. The second kappa shape index (κ2) is 15.9. The van der Waals surface area contributed by atoms with Crippen LogP contribution in [0.2, 0.25) is 0 Å². The highest BCUT2D eigenvalue weighted by molar-refractivity contribution is 7.90. The lowest BCUT2D eigenvalue weighted by molar-refractivity contribution is -0.133. The maximum Gasteiger partial charge on any atom is 0.408 e. The summed E-state index contributed by atoms with van der Waals surface area (Å²) in [5, 5.41) is 15.0. The summed E-state index contributed by atoms with van der Waals surface area (Å²) in [7, 11) is -3.99. The van der Waals surface area contributed by atoms with Crippen molar-refractivity contribution in [3.05, 3.63) is 72.6 Å². The Bertz CT molecular complexity index is 1910. The van der Waals surface area contributed by atoms with Crippen LogP contribution in [-0.2, 0) is 35.7 Å². The van der Waals surface area contributed by atoms with Gasteiger partial charge in [0.05, 0.1) is 17.7 Å². The smallest absolute Gasteiger partial charge is 0.408 e. The van der Waals surface area contributed by atoms with Crippen LogP contribution in [0.3, 0.4) is 0 Å². The largest absolute Gasteiger partial charge is 0.465 e. The maximum absolute atomic E-state index is 16.7. The lowest BCUT2D eigenvalue weighted by atomic mass is 9.85. The first-order chi connectivity index (χ1) is 25.8. The van der Waals surface area contributed by atoms with Gasteiger partial charge in [-0.2, -0.15) is 0 Å². The fraction of sp³-hybridized carbons (Fsp3) is 0.514. The molecule has 4 aliphatic rings. The number of amides is 6. The van der Waals surface area contributed by atoms with Gasteiger partial charge in [-0.25, -0.2) is 31.9 Å². The number of hydrogen-bond acceptors (Lipinski definition) is 10. The van der Waals surface area contributed by atoms with Gasteiger partial charge in [0.2, 0.25) is 21.8 Å². The standard InChI is InChI=1S/C37H47FN6O10S/c1-7-14-42(29(45)9-3)19-27(40-35(49)54-37(4,5)6)32(46)31-23-13-12-22(30(38)26(23)18-43(31)36(50)51)24-16-39-17-25(24)33(47)44(28-15-20(28)8-2)34(48)41-55(52,53)21-10-11-21/h7-9,12-13,20-21,24-25,27-28,31,39H,1-3,10-11,14-19H2,4-6H3,(H,40,49)(H,41,48)(H,50,51)/t20-,24+,25?,27+,28-,31?/m1/s1. The first kappa shape index (κ1) is 41.1. The van der Waals surface area contributed by atoms with Gasteiger partial charge < -0.3 is 25.4 Å². The zero-order valence-corrected chi connectivity index (χ0v) is 31.8. The lowest BCUT2D eigenvalue weighted by Gasteiger charge is -2.30. The second-order valence-corrected chi connectivity index (χ2v) is 17.1. The van der Waals surface area contributed by atoms with E-state index in [1.165, 1.54) is 23.1 Å². The number of Topliss-reactive ketones (excluding diaryl/α,β-unsaturated/α-hetero) is 1. The number of halogens is 1. The quantitative estimate of drug-likeness (QED) is 0.159. The molecule has 0 radical (unpaired) electrons. The van der Waals surface area contributed by atoms with E-state index < -0.39 is 106 Å². The van der Waals surface area contributed by atoms with Crippen LogP contribution in [-0.4, -0.2) is 113 Å². The fourth-order valence-corrected chi connectivity index (χ4v) is 8.38. The normalized spacial score (nSPS) is 23.4. The molecular formula is C37H47FN6O10S. The number of nitrogens with zero attached hydrogens (tertiary/aromatic N) is 3. The molecule has 16 nitrogen and oxygen atoms in total. The van der Waals surface area contributed by atoms with E-state index >= 15 is 4.39 Å². The highest BCUT2D eigenvalue weighted by Gasteiger charge is 2.51. The van der Waals surface area contributed by atoms with Crippen LogP contribution in [0, 0.1) is 17.7 Å². The Balaban J connectivity index is 1.47. The highest BCUT2D eigenvalue weighted by Crippen LogP contribution is 2.43. The van der Waals surface area contributed by atoms with Crippen LogP contribution in [0.1, 0.15) is 68.7 Å². The number of ketones is 1. The van der Waals surface area contributed by atoms with Crippen molar-refractivity contribution in [3.63, 3.8) is 0 Å². The number of carbonyl (C=O) groups is 6. The molecule has 6 atom stereocenters. The second-order valence-electron chi connectivity index (χ2n) is 15.1. The predicted molar refractivity (Wildman–Crippen MR) is 196 cm³/mol. The summed E-state index contributed by atoms with van der Waals surface area (Å²) < 4.78 is 49.4. The molecule has 4 N–H and O–H groups in total. The number of sulfonamides is 1. The van der Waals surface area contributed by atoms with Crippen molar-refractivity contribution in [1.82, 2.24) is 30.1 Å². The zero-order valence-electron chi connectivity index (χ0n) is 31.0. The van der Waals surface area contributed by atoms with Crippen LogP contribution < -0.4 is 15.4 Å². The van der Waals surface area contributed by atoms with Gasteiger partial charge in [-0.15, -0.1) is 13.2 Å². The molecule has 5 rings (SSSR count). The van der Waals surface area contributed by atoms with E-state index in [9.17, 15) is 42.3 Å². The van der Waals surface area contributed by atoms with Gasteiger partial charge in [-0.3, -0.25) is 24.2 Å². The van der Waals surface area contributed by atoms with Crippen LogP contribution in [0.5, 0.6) is 0 Å². The molecule has 0 spiro atoms. The summed E-state index contributed by atoms with van der Waals surface area (Å²) in [6, 6.07) is -2.11. The van der Waals surface area contributed by atoms with Crippen LogP contribution >= 0.6 is 0 Å². The number of benzene rings is 1. The van der Waals surface area contributed by atoms with Crippen molar-refractivity contribution >= 4 is 45.8 Å². The Labute approximate surface area is 318 Å². The number of alkyl carbamates (subject to hydrolysis) is 1. The molecule has 2 aliphatic carbocycles. The molecule has 18 heteroatoms. The lowest BCUT2D eigenvalue weighted by Crippen LogP contribution is -2.53. The number of hydrogen-bond donors (Lipinski definition) is 4. The third kappa shape index (κ3) is 8.91. The predicted octanol–water partition coefficient (Wildman–Crippen LogP) is 2.93. The Morgan fingerprint density at radius 3 is 2.35 bits per heavy atom. The van der Waals surface area contributed by atoms with Crippen LogP contribution in [0.25, 0.3) is 0 Å². The van der Waals surface area contributed by atoms with Crippen LogP contribution in [0.4, 0.5) is 18.8 Å². The van der Waals surface area contributed by atoms with E-state index in [0.717, 1.165) is 15.9 Å². The average molecular weight is 787 g/mol. The minimum atomic E-state index is -3.99. The summed E-state index contributed by atoms with van der Waals surface area (Å²) in [6.45, 7) is 14.7. The Morgan fingerprint density at radius 1 is 1.11 bits per heavy atom. The number of nitrogens with one attached hydrogen (secondary N) is 3. The molecule has 2 saturated carbocycles. The number of carbonyl (C=O) groups excluding carboxylic acids is 5. The van der Waals surface area contributed by atoms with E-state index in [4.69, 9.17) is 4.74 Å². The van der Waals surface area contributed by atoms with Gasteiger partial charge >= 0.3 is 18.2 Å². The molecule has 2 aliphatic heterocycles. The number of fused-ring (bicyclic) bond motifs is 1. The third-order valence-electron chi connectivity index (χ3n) is 10.1. The minimum absolute atomic E-state index is 0.00174. The van der Waals surface area contributed by atoms with Gasteiger partial charge in [0.15, 0.2) is 5.78 Å². The number of ether oxygens (including phenoxy) is 1. The molecule has 2 heterocycles. The van der Waals surface area contributed by atoms with Crippen molar-refractivity contribution < 1.29 is 51.4 Å². The van der Waals surface area contributed by atoms with E-state index in [1.54, 1.807) is 26.8 Å². The monoisotopic (exact) mass is 786 g/mol. The van der Waals surface area contributed by atoms with Crippen molar-refractivity contribution in [2.24, 2.45) is 11.8 Å². The number of imide groups is 1. The van der Waals surface area contributed by atoms with Crippen LogP contribution in [0.15, 0.2) is 50.1 Å². The number of carboxylic acid groups (broad SMARTS) is 1. The van der Waals surface area contributed by atoms with Gasteiger partial charge in [-0.1, -0.05) is 30.9 Å². The number of rotatable bonds is 14. The maximum atomic E-state index is 16.7. The highest BCUT2D eigenvalue weighted by atomic mass is 32.2. The minimum Gasteiger partial charge on any atom is -0.465 e. The van der Waals surface area contributed by atoms with E-state index in [0.29, 0.717) is 19.3 Å². The third-order valence-corrected chi connectivity index (χ3v) is 11.9. The molecule has 2 unspecified atom stereocenters. The average Bonchev–Trinajstić information content (AvgIpc) is 4.02. The summed E-state index contributed by atoms with van der Waals surface area (Å²) in [5.41, 5.74) is -1.07. The molecular weight excluding hydrogens is 740 g/mol. The molecule has 0 aromatic heterocycles. The van der Waals surface area contributed by atoms with E-state index in [1.807, 2.05) is 4.72 Å². The first-order valence-electron chi connectivity index (χ1n) is 17.9. The van der Waals surface area contributed by atoms with E-state index in [2.05, 4.69) is 30.4 Å². The topological polar surface area (TPSA) is 212 Å². The van der Waals surface area contributed by atoms with Gasteiger partial charge in [0.25, 0.3) is 0 Å². The molecule has 6 amide bonds. The molecule has 1 saturated heterocycles. The van der Waals surface area contributed by atoms with Gasteiger partial charge in [0.1, 0.15) is 23.5 Å². The molecule has 0 bridgehead atoms. The molecule has 1 aromatic carbocycles. The molecule has 55 heavy (non-hydrogen) atoms. The van der Waals surface area contributed by atoms with Gasteiger partial charge in [-0.05, 0) is 63.2 Å². The summed E-state index contributed by atoms with van der Waals surface area (Å²) in [5.74, 6) is -5.15. The van der Waals surface area contributed by atoms with Crippen molar-refractivity contribution in [3.8, 4) is 0 Å².